The number of hydrogen-bond acceptors (Lipinski definition) is 2. The summed E-state index contributed by atoms with van der Waals surface area (Å²) in [6, 6.07) is 0. The minimum absolute atomic E-state index is 0.430. The van der Waals surface area contributed by atoms with Crippen molar-refractivity contribution in [1.29, 1.82) is 0 Å². The molecule has 108 valence electrons. The van der Waals surface area contributed by atoms with Gasteiger partial charge in [-0.1, -0.05) is 25.7 Å². The summed E-state index contributed by atoms with van der Waals surface area (Å²) in [6.07, 6.45) is 11.3. The van der Waals surface area contributed by atoms with E-state index in [-0.39, 0.29) is 0 Å². The van der Waals surface area contributed by atoms with Gasteiger partial charge in [0, 0.05) is 31.5 Å². The lowest BCUT2D eigenvalue weighted by molar-refractivity contribution is -0.131. The SMILES string of the molecule is O=C(CC1CCCCCC1)N1CCC2(CCNC2)C1. The normalized spacial score (nSPS) is 32.9. The third-order valence-electron chi connectivity index (χ3n) is 5.56. The van der Waals surface area contributed by atoms with Crippen molar-refractivity contribution in [1.82, 2.24) is 10.2 Å². The van der Waals surface area contributed by atoms with Crippen molar-refractivity contribution >= 4 is 5.91 Å². The molecule has 1 atom stereocenters. The molecular weight excluding hydrogens is 236 g/mol. The molecule has 0 bridgehead atoms. The molecule has 1 spiro atoms. The van der Waals surface area contributed by atoms with Crippen LogP contribution in [-0.2, 0) is 4.79 Å². The Bertz CT molecular complexity index is 315. The maximum Gasteiger partial charge on any atom is 0.222 e. The van der Waals surface area contributed by atoms with Crippen molar-refractivity contribution in [3.8, 4) is 0 Å². The van der Waals surface area contributed by atoms with Crippen LogP contribution in [-0.4, -0.2) is 37.0 Å². The van der Waals surface area contributed by atoms with Gasteiger partial charge in [0.15, 0.2) is 0 Å². The molecule has 2 heterocycles. The van der Waals surface area contributed by atoms with Gasteiger partial charge >= 0.3 is 0 Å². The highest BCUT2D eigenvalue weighted by Crippen LogP contribution is 2.37. The van der Waals surface area contributed by atoms with Crippen LogP contribution in [0.15, 0.2) is 0 Å². The van der Waals surface area contributed by atoms with E-state index in [9.17, 15) is 4.79 Å². The third kappa shape index (κ3) is 3.13. The maximum atomic E-state index is 12.5. The number of carbonyl (C=O) groups is 1. The number of hydrogen-bond donors (Lipinski definition) is 1. The van der Waals surface area contributed by atoms with Crippen LogP contribution in [0.5, 0.6) is 0 Å². The van der Waals surface area contributed by atoms with Crippen molar-refractivity contribution in [3.05, 3.63) is 0 Å². The fourth-order valence-electron chi connectivity index (χ4n) is 4.24. The van der Waals surface area contributed by atoms with Gasteiger partial charge in [-0.15, -0.1) is 0 Å². The van der Waals surface area contributed by atoms with E-state index in [0.29, 0.717) is 17.2 Å². The molecule has 0 aromatic carbocycles. The zero-order valence-electron chi connectivity index (χ0n) is 12.1. The van der Waals surface area contributed by atoms with Crippen LogP contribution >= 0.6 is 0 Å². The standard InChI is InChI=1S/C16H28N2O/c19-15(11-14-5-3-1-2-4-6-14)18-10-8-16(13-18)7-9-17-12-16/h14,17H,1-13H2. The molecule has 0 radical (unpaired) electrons. The number of amides is 1. The highest BCUT2D eigenvalue weighted by Gasteiger charge is 2.41. The van der Waals surface area contributed by atoms with Crippen LogP contribution < -0.4 is 5.32 Å². The smallest absolute Gasteiger partial charge is 0.222 e. The molecule has 19 heavy (non-hydrogen) atoms. The molecule has 1 aliphatic carbocycles. The lowest BCUT2D eigenvalue weighted by atomic mass is 9.86. The summed E-state index contributed by atoms with van der Waals surface area (Å²) in [6.45, 7) is 4.30. The average molecular weight is 264 g/mol. The monoisotopic (exact) mass is 264 g/mol. The number of carbonyl (C=O) groups excluding carboxylic acids is 1. The molecule has 3 fully saturated rings. The second-order valence-corrected chi connectivity index (χ2v) is 7.05. The lowest BCUT2D eigenvalue weighted by Crippen LogP contribution is -2.34. The van der Waals surface area contributed by atoms with Crippen molar-refractivity contribution in [3.63, 3.8) is 0 Å². The number of nitrogens with one attached hydrogen (secondary N) is 1. The lowest BCUT2D eigenvalue weighted by Gasteiger charge is -2.24. The van der Waals surface area contributed by atoms with Crippen molar-refractivity contribution in [2.45, 2.75) is 57.8 Å². The first-order chi connectivity index (χ1) is 9.27. The second kappa shape index (κ2) is 5.82. The first-order valence-corrected chi connectivity index (χ1v) is 8.26. The van der Waals surface area contributed by atoms with Crippen LogP contribution in [0.1, 0.15) is 57.8 Å². The van der Waals surface area contributed by atoms with Crippen LogP contribution in [0.2, 0.25) is 0 Å². The average Bonchev–Trinajstić information content (AvgIpc) is 2.97. The van der Waals surface area contributed by atoms with E-state index in [0.717, 1.165) is 32.6 Å². The molecule has 3 rings (SSSR count). The molecule has 2 aliphatic heterocycles. The molecule has 1 saturated carbocycles. The van der Waals surface area contributed by atoms with Crippen LogP contribution in [0.4, 0.5) is 0 Å². The summed E-state index contributed by atoms with van der Waals surface area (Å²) in [7, 11) is 0. The molecule has 1 N–H and O–H groups in total. The van der Waals surface area contributed by atoms with Crippen molar-refractivity contribution in [2.75, 3.05) is 26.2 Å². The molecule has 0 aromatic heterocycles. The van der Waals surface area contributed by atoms with Gasteiger partial charge in [-0.3, -0.25) is 4.79 Å². The fraction of sp³-hybridized carbons (Fsp3) is 0.938. The Balaban J connectivity index is 1.50. The van der Waals surface area contributed by atoms with E-state index in [1.807, 2.05) is 0 Å². The minimum Gasteiger partial charge on any atom is -0.342 e. The maximum absolute atomic E-state index is 12.5. The second-order valence-electron chi connectivity index (χ2n) is 7.05. The Labute approximate surface area is 117 Å². The zero-order chi connectivity index (χ0) is 13.1. The Kier molecular flexibility index (Phi) is 4.11. The van der Waals surface area contributed by atoms with Gasteiger partial charge in [0.2, 0.25) is 5.91 Å². The summed E-state index contributed by atoms with van der Waals surface area (Å²) < 4.78 is 0. The topological polar surface area (TPSA) is 32.3 Å². The molecule has 3 heteroatoms. The van der Waals surface area contributed by atoms with Gasteiger partial charge in [0.05, 0.1) is 0 Å². The molecule has 3 aliphatic rings. The van der Waals surface area contributed by atoms with Gasteiger partial charge in [0.1, 0.15) is 0 Å². The van der Waals surface area contributed by atoms with Crippen LogP contribution in [0.3, 0.4) is 0 Å². The van der Waals surface area contributed by atoms with Gasteiger partial charge in [-0.2, -0.15) is 0 Å². The molecule has 1 amide bonds. The molecular formula is C16H28N2O. The predicted octanol–water partition coefficient (Wildman–Crippen LogP) is 2.56. The predicted molar refractivity (Wildman–Crippen MR) is 76.9 cm³/mol. The first kappa shape index (κ1) is 13.4. The van der Waals surface area contributed by atoms with E-state index in [1.54, 1.807) is 0 Å². The zero-order valence-corrected chi connectivity index (χ0v) is 12.1. The minimum atomic E-state index is 0.430. The van der Waals surface area contributed by atoms with Gasteiger partial charge < -0.3 is 10.2 Å². The highest BCUT2D eigenvalue weighted by atomic mass is 16.2. The molecule has 2 saturated heterocycles. The first-order valence-electron chi connectivity index (χ1n) is 8.26. The molecule has 3 nitrogen and oxygen atoms in total. The fourth-order valence-corrected chi connectivity index (χ4v) is 4.24. The summed E-state index contributed by atoms with van der Waals surface area (Å²) in [5.41, 5.74) is 0.430. The van der Waals surface area contributed by atoms with Gasteiger partial charge in [-0.25, -0.2) is 0 Å². The number of nitrogens with zero attached hydrogens (tertiary/aromatic N) is 1. The van der Waals surface area contributed by atoms with Crippen LogP contribution in [0.25, 0.3) is 0 Å². The van der Waals surface area contributed by atoms with Gasteiger partial charge in [0.25, 0.3) is 0 Å². The summed E-state index contributed by atoms with van der Waals surface area (Å²) in [4.78, 5) is 14.6. The Morgan fingerprint density at radius 1 is 1.16 bits per heavy atom. The molecule has 1 unspecified atom stereocenters. The van der Waals surface area contributed by atoms with Gasteiger partial charge in [-0.05, 0) is 38.1 Å². The summed E-state index contributed by atoms with van der Waals surface area (Å²) in [5, 5.41) is 3.47. The third-order valence-corrected chi connectivity index (χ3v) is 5.56. The van der Waals surface area contributed by atoms with E-state index < -0.39 is 0 Å². The van der Waals surface area contributed by atoms with E-state index >= 15 is 0 Å². The van der Waals surface area contributed by atoms with Crippen molar-refractivity contribution in [2.24, 2.45) is 11.3 Å². The number of rotatable bonds is 2. The quantitative estimate of drug-likeness (QED) is 0.777. The summed E-state index contributed by atoms with van der Waals surface area (Å²) >= 11 is 0. The molecule has 0 aromatic rings. The van der Waals surface area contributed by atoms with E-state index in [4.69, 9.17) is 0 Å². The van der Waals surface area contributed by atoms with Crippen molar-refractivity contribution < 1.29 is 4.79 Å². The highest BCUT2D eigenvalue weighted by molar-refractivity contribution is 5.76. The van der Waals surface area contributed by atoms with E-state index in [2.05, 4.69) is 10.2 Å². The largest absolute Gasteiger partial charge is 0.342 e. The number of likely N-dealkylation sites (tertiary alicyclic amines) is 1. The Morgan fingerprint density at radius 2 is 1.95 bits per heavy atom. The summed E-state index contributed by atoms with van der Waals surface area (Å²) in [5.74, 6) is 1.11. The van der Waals surface area contributed by atoms with Crippen LogP contribution in [0, 0.1) is 11.3 Å². The Hall–Kier alpha value is -0.570. The van der Waals surface area contributed by atoms with E-state index in [1.165, 1.54) is 51.4 Å². The Morgan fingerprint density at radius 3 is 2.63 bits per heavy atom.